The first-order valence-electron chi connectivity index (χ1n) is 8.57. The predicted molar refractivity (Wildman–Crippen MR) is 111 cm³/mol. The predicted octanol–water partition coefficient (Wildman–Crippen LogP) is 5.19. The van der Waals surface area contributed by atoms with Gasteiger partial charge in [0.25, 0.3) is 5.91 Å². The third-order valence-corrected chi connectivity index (χ3v) is 5.84. The number of nitrogens with one attached hydrogen (secondary N) is 1. The Morgan fingerprint density at radius 2 is 1.96 bits per heavy atom. The van der Waals surface area contributed by atoms with Crippen LogP contribution in [-0.4, -0.2) is 15.7 Å². The number of amides is 1. The number of benzene rings is 2. The van der Waals surface area contributed by atoms with Gasteiger partial charge in [-0.1, -0.05) is 53.6 Å². The van der Waals surface area contributed by atoms with Crippen molar-refractivity contribution in [3.63, 3.8) is 0 Å². The van der Waals surface area contributed by atoms with Gasteiger partial charge in [-0.25, -0.2) is 0 Å². The van der Waals surface area contributed by atoms with Crippen molar-refractivity contribution in [3.8, 4) is 11.3 Å². The molecule has 0 spiro atoms. The van der Waals surface area contributed by atoms with Crippen molar-refractivity contribution in [2.24, 2.45) is 7.05 Å². The average molecular weight is 396 g/mol. The Bertz CT molecular complexity index is 1130. The van der Waals surface area contributed by atoms with E-state index in [9.17, 15) is 4.79 Å². The number of rotatable bonds is 4. The van der Waals surface area contributed by atoms with Crippen molar-refractivity contribution in [3.05, 3.63) is 75.6 Å². The van der Waals surface area contributed by atoms with Crippen molar-refractivity contribution < 1.29 is 4.79 Å². The second kappa shape index (κ2) is 7.18. The van der Waals surface area contributed by atoms with Crippen LogP contribution in [0.15, 0.2) is 54.6 Å². The van der Waals surface area contributed by atoms with Gasteiger partial charge >= 0.3 is 0 Å². The van der Waals surface area contributed by atoms with Gasteiger partial charge in [-0.15, -0.1) is 11.3 Å². The van der Waals surface area contributed by atoms with Crippen LogP contribution in [0.2, 0.25) is 5.02 Å². The lowest BCUT2D eigenvalue weighted by Gasteiger charge is -2.04. The molecule has 4 nitrogen and oxygen atoms in total. The third kappa shape index (κ3) is 3.61. The summed E-state index contributed by atoms with van der Waals surface area (Å²) in [7, 11) is 1.90. The molecule has 0 saturated carbocycles. The van der Waals surface area contributed by atoms with E-state index in [1.54, 1.807) is 0 Å². The lowest BCUT2D eigenvalue weighted by molar-refractivity contribution is 0.0955. The van der Waals surface area contributed by atoms with E-state index in [1.807, 2.05) is 67.2 Å². The zero-order valence-corrected chi connectivity index (χ0v) is 16.6. The molecule has 0 aliphatic heterocycles. The minimum absolute atomic E-state index is 0.0697. The molecule has 27 heavy (non-hydrogen) atoms. The van der Waals surface area contributed by atoms with Crippen molar-refractivity contribution in [1.29, 1.82) is 0 Å². The molecule has 4 aromatic rings. The van der Waals surface area contributed by atoms with E-state index in [-0.39, 0.29) is 5.91 Å². The molecule has 0 aliphatic rings. The summed E-state index contributed by atoms with van der Waals surface area (Å²) in [6.07, 6.45) is 0. The highest BCUT2D eigenvalue weighted by atomic mass is 35.5. The van der Waals surface area contributed by atoms with Gasteiger partial charge in [0.05, 0.1) is 4.88 Å². The Morgan fingerprint density at radius 1 is 1.19 bits per heavy atom. The number of hydrogen-bond donors (Lipinski definition) is 1. The number of carbonyl (C=O) groups excluding carboxylic acids is 1. The van der Waals surface area contributed by atoms with Crippen LogP contribution in [0.4, 0.5) is 0 Å². The molecular formula is C21H18ClN3OS. The number of fused-ring (bicyclic) bond motifs is 1. The van der Waals surface area contributed by atoms with E-state index < -0.39 is 0 Å². The number of halogens is 1. The second-order valence-corrected chi connectivity index (χ2v) is 7.95. The number of thiophene rings is 1. The van der Waals surface area contributed by atoms with Gasteiger partial charge in [-0.2, -0.15) is 5.10 Å². The van der Waals surface area contributed by atoms with Gasteiger partial charge in [0.2, 0.25) is 0 Å². The Morgan fingerprint density at radius 3 is 2.70 bits per heavy atom. The molecule has 6 heteroatoms. The van der Waals surface area contributed by atoms with Crippen LogP contribution in [0.5, 0.6) is 0 Å². The fourth-order valence-electron chi connectivity index (χ4n) is 3.07. The zero-order valence-electron chi connectivity index (χ0n) is 15.0. The maximum absolute atomic E-state index is 12.6. The molecular weight excluding hydrogens is 378 g/mol. The van der Waals surface area contributed by atoms with E-state index in [1.165, 1.54) is 16.9 Å². The summed E-state index contributed by atoms with van der Waals surface area (Å²) in [5.41, 5.74) is 4.11. The summed E-state index contributed by atoms with van der Waals surface area (Å²) in [6.45, 7) is 2.56. The smallest absolute Gasteiger partial charge is 0.261 e. The van der Waals surface area contributed by atoms with Crippen LogP contribution in [0.3, 0.4) is 0 Å². The van der Waals surface area contributed by atoms with Crippen molar-refractivity contribution in [2.45, 2.75) is 13.5 Å². The van der Waals surface area contributed by atoms with Gasteiger partial charge in [0.15, 0.2) is 0 Å². The van der Waals surface area contributed by atoms with E-state index in [0.29, 0.717) is 16.4 Å². The average Bonchev–Trinajstić information content (AvgIpc) is 3.21. The largest absolute Gasteiger partial charge is 0.347 e. The van der Waals surface area contributed by atoms with Crippen LogP contribution in [0.25, 0.3) is 21.5 Å². The van der Waals surface area contributed by atoms with Crippen LogP contribution in [0.1, 0.15) is 20.8 Å². The first kappa shape index (κ1) is 17.8. The molecule has 0 atom stereocenters. The van der Waals surface area contributed by atoms with Crippen LogP contribution < -0.4 is 5.32 Å². The Kier molecular flexibility index (Phi) is 4.72. The summed E-state index contributed by atoms with van der Waals surface area (Å²) in [6, 6.07) is 17.6. The van der Waals surface area contributed by atoms with E-state index in [0.717, 1.165) is 27.0 Å². The van der Waals surface area contributed by atoms with Gasteiger partial charge in [0.1, 0.15) is 10.5 Å². The molecule has 2 heterocycles. The number of carbonyl (C=O) groups is 1. The number of aryl methyl sites for hydroxylation is 2. The highest BCUT2D eigenvalue weighted by Gasteiger charge is 2.17. The maximum atomic E-state index is 12.6. The molecule has 0 aliphatic carbocycles. The molecule has 1 amide bonds. The van der Waals surface area contributed by atoms with Crippen molar-refractivity contribution in [1.82, 2.24) is 15.1 Å². The summed E-state index contributed by atoms with van der Waals surface area (Å²) in [5, 5.41) is 9.27. The normalized spacial score (nSPS) is 11.1. The molecule has 0 radical (unpaired) electrons. The first-order chi connectivity index (χ1) is 13.0. The van der Waals surface area contributed by atoms with Gasteiger partial charge in [0, 0.05) is 29.6 Å². The molecule has 4 rings (SSSR count). The van der Waals surface area contributed by atoms with E-state index >= 15 is 0 Å². The van der Waals surface area contributed by atoms with E-state index in [2.05, 4.69) is 16.5 Å². The minimum atomic E-state index is -0.0697. The minimum Gasteiger partial charge on any atom is -0.347 e. The Hall–Kier alpha value is -2.63. The van der Waals surface area contributed by atoms with Crippen LogP contribution in [-0.2, 0) is 13.6 Å². The standard InChI is InChI=1S/C21H18ClN3OS/c1-13-4-3-5-14(10-13)12-23-20(26)18-11-17-19(24-25(2)21(17)27-18)15-6-8-16(22)9-7-15/h3-11H,12H2,1-2H3,(H,23,26). The molecule has 1 N–H and O–H groups in total. The van der Waals surface area contributed by atoms with Crippen molar-refractivity contribution in [2.75, 3.05) is 0 Å². The lowest BCUT2D eigenvalue weighted by atomic mass is 10.1. The molecule has 0 unspecified atom stereocenters. The maximum Gasteiger partial charge on any atom is 0.261 e. The molecule has 0 fully saturated rings. The van der Waals surface area contributed by atoms with Gasteiger partial charge < -0.3 is 5.32 Å². The fraction of sp³-hybridized carbons (Fsp3) is 0.143. The molecule has 0 saturated heterocycles. The third-order valence-electron chi connectivity index (χ3n) is 4.39. The Labute approximate surface area is 166 Å². The zero-order chi connectivity index (χ0) is 19.0. The second-order valence-electron chi connectivity index (χ2n) is 6.48. The monoisotopic (exact) mass is 395 g/mol. The SMILES string of the molecule is Cc1cccc(CNC(=O)c2cc3c(-c4ccc(Cl)cc4)nn(C)c3s2)c1. The molecule has 2 aromatic carbocycles. The van der Waals surface area contributed by atoms with Gasteiger partial charge in [-0.3, -0.25) is 9.48 Å². The van der Waals surface area contributed by atoms with Crippen LogP contribution in [0, 0.1) is 6.92 Å². The lowest BCUT2D eigenvalue weighted by Crippen LogP contribution is -2.21. The number of aromatic nitrogens is 2. The van der Waals surface area contributed by atoms with Gasteiger partial charge in [-0.05, 0) is 30.7 Å². The first-order valence-corrected chi connectivity index (χ1v) is 9.77. The van der Waals surface area contributed by atoms with Crippen LogP contribution >= 0.6 is 22.9 Å². The Balaban J connectivity index is 1.60. The highest BCUT2D eigenvalue weighted by molar-refractivity contribution is 7.20. The summed E-state index contributed by atoms with van der Waals surface area (Å²) < 4.78 is 1.82. The quantitative estimate of drug-likeness (QED) is 0.516. The molecule has 0 bridgehead atoms. The van der Waals surface area contributed by atoms with E-state index in [4.69, 9.17) is 11.6 Å². The highest BCUT2D eigenvalue weighted by Crippen LogP contribution is 2.34. The molecule has 136 valence electrons. The number of nitrogens with zero attached hydrogens (tertiary/aromatic N) is 2. The topological polar surface area (TPSA) is 46.9 Å². The van der Waals surface area contributed by atoms with Crippen molar-refractivity contribution >= 4 is 39.1 Å². The summed E-state index contributed by atoms with van der Waals surface area (Å²) >= 11 is 7.44. The summed E-state index contributed by atoms with van der Waals surface area (Å²) in [4.78, 5) is 14.3. The fourth-order valence-corrected chi connectivity index (χ4v) is 4.18. The number of hydrogen-bond acceptors (Lipinski definition) is 3. The summed E-state index contributed by atoms with van der Waals surface area (Å²) in [5.74, 6) is -0.0697. The molecule has 2 aromatic heterocycles.